The third kappa shape index (κ3) is 6.88. The number of carbonyl (C=O) groups excluding carboxylic acids is 2. The molecule has 5 nitrogen and oxygen atoms in total. The highest BCUT2D eigenvalue weighted by Gasteiger charge is 2.11. The van der Waals surface area contributed by atoms with Crippen LogP contribution in [0.2, 0.25) is 0 Å². The first kappa shape index (κ1) is 18.9. The van der Waals surface area contributed by atoms with Gasteiger partial charge in [0.2, 0.25) is 5.91 Å². The van der Waals surface area contributed by atoms with Gasteiger partial charge in [0.25, 0.3) is 5.91 Å². The number of halogens is 1. The van der Waals surface area contributed by atoms with Crippen LogP contribution in [0.3, 0.4) is 0 Å². The minimum absolute atomic E-state index is 0. The predicted molar refractivity (Wildman–Crippen MR) is 84.4 cm³/mol. The summed E-state index contributed by atoms with van der Waals surface area (Å²) in [5.74, 6) is -0.185. The monoisotopic (exact) mass is 319 g/mol. The van der Waals surface area contributed by atoms with Crippen molar-refractivity contribution in [2.75, 3.05) is 13.1 Å². The Morgan fingerprint density at radius 3 is 2.65 bits per heavy atom. The molecule has 114 valence electrons. The maximum atomic E-state index is 11.6. The molecule has 0 aromatic carbocycles. The highest BCUT2D eigenvalue weighted by atomic mass is 35.5. The summed E-state index contributed by atoms with van der Waals surface area (Å²) in [7, 11) is 0. The van der Waals surface area contributed by atoms with Gasteiger partial charge in [-0.25, -0.2) is 0 Å². The van der Waals surface area contributed by atoms with Crippen LogP contribution in [-0.4, -0.2) is 30.9 Å². The molecule has 0 aliphatic rings. The minimum Gasteiger partial charge on any atom is -0.355 e. The van der Waals surface area contributed by atoms with Crippen molar-refractivity contribution in [3.63, 3.8) is 0 Å². The van der Waals surface area contributed by atoms with E-state index in [4.69, 9.17) is 5.73 Å². The summed E-state index contributed by atoms with van der Waals surface area (Å²) in [5, 5.41) is 7.43. The summed E-state index contributed by atoms with van der Waals surface area (Å²) in [6.07, 6.45) is 2.29. The number of nitrogens with two attached hydrogens (primary N) is 1. The lowest BCUT2D eigenvalue weighted by atomic mass is 10.2. The van der Waals surface area contributed by atoms with Crippen molar-refractivity contribution < 1.29 is 9.59 Å². The van der Waals surface area contributed by atoms with Gasteiger partial charge in [0.15, 0.2) is 0 Å². The number of nitrogens with one attached hydrogen (secondary N) is 2. The van der Waals surface area contributed by atoms with Crippen molar-refractivity contribution in [2.45, 2.75) is 32.2 Å². The summed E-state index contributed by atoms with van der Waals surface area (Å²) in [6, 6.07) is 3.20. The fourth-order valence-corrected chi connectivity index (χ4v) is 2.21. The molecule has 1 heterocycles. The molecule has 0 fully saturated rings. The fourth-order valence-electron chi connectivity index (χ4n) is 1.57. The summed E-state index contributed by atoms with van der Waals surface area (Å²) >= 11 is 1.41. The van der Waals surface area contributed by atoms with Gasteiger partial charge in [0.05, 0.1) is 10.9 Å². The first-order valence-electron chi connectivity index (χ1n) is 6.50. The lowest BCUT2D eigenvalue weighted by molar-refractivity contribution is -0.122. The Bertz CT molecular complexity index is 398. The third-order valence-corrected chi connectivity index (χ3v) is 3.49. The number of rotatable bonds is 8. The van der Waals surface area contributed by atoms with Gasteiger partial charge in [-0.3, -0.25) is 9.59 Å². The predicted octanol–water partition coefficient (Wildman–Crippen LogP) is 1.53. The molecule has 1 atom stereocenters. The number of amides is 2. The molecular weight excluding hydrogens is 298 g/mol. The average molecular weight is 320 g/mol. The number of thiophene rings is 1. The molecule has 1 rings (SSSR count). The summed E-state index contributed by atoms with van der Waals surface area (Å²) in [6.45, 7) is 3.06. The zero-order chi connectivity index (χ0) is 14.1. The molecular formula is C13H22ClN3O2S. The van der Waals surface area contributed by atoms with Crippen molar-refractivity contribution in [2.24, 2.45) is 5.73 Å². The zero-order valence-electron chi connectivity index (χ0n) is 11.6. The van der Waals surface area contributed by atoms with Crippen LogP contribution in [0, 0.1) is 0 Å². The van der Waals surface area contributed by atoms with Crippen molar-refractivity contribution in [1.82, 2.24) is 10.6 Å². The van der Waals surface area contributed by atoms with E-state index in [2.05, 4.69) is 10.6 Å². The molecule has 4 N–H and O–H groups in total. The van der Waals surface area contributed by atoms with Gasteiger partial charge in [0.1, 0.15) is 0 Å². The first-order chi connectivity index (χ1) is 9.15. The standard InChI is InChI=1S/C13H21N3O2S.ClH/c1-2-5-10(14)12(17)15-7-4-8-16-13(18)11-6-3-9-19-11;/h3,6,9-10H,2,4-5,7-8,14H2,1H3,(H,15,17)(H,16,18);1H. The average Bonchev–Trinajstić information content (AvgIpc) is 2.92. The quantitative estimate of drug-likeness (QED) is 0.635. The smallest absolute Gasteiger partial charge is 0.261 e. The molecule has 20 heavy (non-hydrogen) atoms. The second kappa shape index (κ2) is 10.7. The molecule has 0 bridgehead atoms. The van der Waals surface area contributed by atoms with Gasteiger partial charge in [-0.2, -0.15) is 0 Å². The van der Waals surface area contributed by atoms with Gasteiger partial charge in [-0.1, -0.05) is 19.4 Å². The normalized spacial score (nSPS) is 11.3. The Kier molecular flexibility index (Phi) is 10.1. The molecule has 1 aromatic heterocycles. The van der Waals surface area contributed by atoms with Gasteiger partial charge < -0.3 is 16.4 Å². The van der Waals surface area contributed by atoms with Crippen LogP contribution in [0.25, 0.3) is 0 Å². The molecule has 2 amide bonds. The second-order valence-corrected chi connectivity index (χ2v) is 5.22. The molecule has 0 aliphatic carbocycles. The fraction of sp³-hybridized carbons (Fsp3) is 0.538. The van der Waals surface area contributed by atoms with E-state index in [9.17, 15) is 9.59 Å². The maximum Gasteiger partial charge on any atom is 0.261 e. The van der Waals surface area contributed by atoms with E-state index >= 15 is 0 Å². The van der Waals surface area contributed by atoms with Crippen LogP contribution >= 0.6 is 23.7 Å². The van der Waals surface area contributed by atoms with Crippen LogP contribution in [0.5, 0.6) is 0 Å². The Balaban J connectivity index is 0.00000361. The SMILES string of the molecule is CCCC(N)C(=O)NCCCNC(=O)c1cccs1.Cl. The molecule has 0 radical (unpaired) electrons. The van der Waals surface area contributed by atoms with Crippen molar-refractivity contribution >= 4 is 35.6 Å². The van der Waals surface area contributed by atoms with E-state index in [0.29, 0.717) is 30.8 Å². The lowest BCUT2D eigenvalue weighted by Crippen LogP contribution is -2.41. The molecule has 0 saturated heterocycles. The van der Waals surface area contributed by atoms with Crippen LogP contribution < -0.4 is 16.4 Å². The van der Waals surface area contributed by atoms with Crippen molar-refractivity contribution in [3.8, 4) is 0 Å². The Hall–Kier alpha value is -1.11. The van der Waals surface area contributed by atoms with Crippen LogP contribution in [-0.2, 0) is 4.79 Å². The lowest BCUT2D eigenvalue weighted by Gasteiger charge is -2.11. The molecule has 0 spiro atoms. The van der Waals surface area contributed by atoms with E-state index in [1.54, 1.807) is 6.07 Å². The Morgan fingerprint density at radius 2 is 2.05 bits per heavy atom. The van der Waals surface area contributed by atoms with Gasteiger partial charge in [0, 0.05) is 13.1 Å². The topological polar surface area (TPSA) is 84.2 Å². The van der Waals surface area contributed by atoms with E-state index < -0.39 is 6.04 Å². The molecule has 7 heteroatoms. The van der Waals surface area contributed by atoms with E-state index in [1.807, 2.05) is 18.4 Å². The van der Waals surface area contributed by atoms with E-state index in [1.165, 1.54) is 11.3 Å². The van der Waals surface area contributed by atoms with Crippen molar-refractivity contribution in [3.05, 3.63) is 22.4 Å². The number of carbonyl (C=O) groups is 2. The Labute approximate surface area is 129 Å². The third-order valence-electron chi connectivity index (χ3n) is 2.62. The summed E-state index contributed by atoms with van der Waals surface area (Å²) < 4.78 is 0. The highest BCUT2D eigenvalue weighted by molar-refractivity contribution is 7.12. The first-order valence-corrected chi connectivity index (χ1v) is 7.38. The number of hydrogen-bond acceptors (Lipinski definition) is 4. The van der Waals surface area contributed by atoms with Gasteiger partial charge >= 0.3 is 0 Å². The van der Waals surface area contributed by atoms with Gasteiger partial charge in [-0.15, -0.1) is 23.7 Å². The summed E-state index contributed by atoms with van der Waals surface area (Å²) in [5.41, 5.74) is 5.67. The second-order valence-electron chi connectivity index (χ2n) is 4.27. The molecule has 1 unspecified atom stereocenters. The van der Waals surface area contributed by atoms with Crippen LogP contribution in [0.15, 0.2) is 17.5 Å². The van der Waals surface area contributed by atoms with E-state index in [-0.39, 0.29) is 24.2 Å². The molecule has 0 aliphatic heterocycles. The zero-order valence-corrected chi connectivity index (χ0v) is 13.2. The molecule has 1 aromatic rings. The largest absolute Gasteiger partial charge is 0.355 e. The van der Waals surface area contributed by atoms with E-state index in [0.717, 1.165) is 6.42 Å². The Morgan fingerprint density at radius 1 is 1.35 bits per heavy atom. The van der Waals surface area contributed by atoms with Crippen LogP contribution in [0.4, 0.5) is 0 Å². The highest BCUT2D eigenvalue weighted by Crippen LogP contribution is 2.07. The van der Waals surface area contributed by atoms with Crippen LogP contribution in [0.1, 0.15) is 35.9 Å². The summed E-state index contributed by atoms with van der Waals surface area (Å²) in [4.78, 5) is 23.8. The minimum atomic E-state index is -0.425. The van der Waals surface area contributed by atoms with Crippen molar-refractivity contribution in [1.29, 1.82) is 0 Å². The maximum absolute atomic E-state index is 11.6. The number of hydrogen-bond donors (Lipinski definition) is 3. The van der Waals surface area contributed by atoms with Gasteiger partial charge in [-0.05, 0) is 24.3 Å². The molecule has 0 saturated carbocycles.